The van der Waals surface area contributed by atoms with Crippen LogP contribution in [0.3, 0.4) is 0 Å². The predicted molar refractivity (Wildman–Crippen MR) is 163 cm³/mol. The van der Waals surface area contributed by atoms with Gasteiger partial charge in [0.2, 0.25) is 0 Å². The van der Waals surface area contributed by atoms with Crippen LogP contribution < -0.4 is 11.5 Å². The van der Waals surface area contributed by atoms with Gasteiger partial charge < -0.3 is 55.2 Å². The maximum absolute atomic E-state index is 13.1. The number of anilines is 2. The number of H-pyrrole nitrogens is 2. The lowest BCUT2D eigenvalue weighted by atomic mass is 10.2. The molecule has 25 heteroatoms. The quantitative estimate of drug-likeness (QED) is 0.0829. The Bertz CT molecular complexity index is 1960. The first-order valence-corrected chi connectivity index (χ1v) is 17.9. The van der Waals surface area contributed by atoms with Crippen molar-refractivity contribution in [2.45, 2.75) is 49.7 Å². The van der Waals surface area contributed by atoms with Crippen molar-refractivity contribution in [2.24, 2.45) is 0 Å². The first kappa shape index (κ1) is 32.6. The van der Waals surface area contributed by atoms with Crippen molar-refractivity contribution in [3.05, 3.63) is 21.9 Å². The Labute approximate surface area is 267 Å². The van der Waals surface area contributed by atoms with Gasteiger partial charge >= 0.3 is 14.5 Å². The molecule has 6 rings (SSSR count). The summed E-state index contributed by atoms with van der Waals surface area (Å²) < 4.78 is 44.0. The second kappa shape index (κ2) is 12.4. The molecule has 4 aromatic heterocycles. The van der Waals surface area contributed by atoms with Crippen LogP contribution in [0.5, 0.6) is 0 Å². The summed E-state index contributed by atoms with van der Waals surface area (Å²) in [7, 11) is -4.83. The monoisotopic (exact) mass is 724 g/mol. The Balaban J connectivity index is 1.14. The van der Waals surface area contributed by atoms with Crippen LogP contribution in [0.4, 0.5) is 11.9 Å². The van der Waals surface area contributed by atoms with Crippen LogP contribution in [0.2, 0.25) is 0 Å². The van der Waals surface area contributed by atoms with Gasteiger partial charge in [0.1, 0.15) is 53.1 Å². The van der Waals surface area contributed by atoms with Gasteiger partial charge in [0.05, 0.1) is 32.0 Å². The van der Waals surface area contributed by atoms with Gasteiger partial charge in [0, 0.05) is 12.8 Å². The van der Waals surface area contributed by atoms with Crippen LogP contribution in [0.15, 0.2) is 12.7 Å². The summed E-state index contributed by atoms with van der Waals surface area (Å²) in [5.74, 6) is 0.0929. The van der Waals surface area contributed by atoms with Crippen LogP contribution in [-0.4, -0.2) is 96.5 Å². The number of aliphatic hydroxyl groups excluding tert-OH is 1. The smallest absolute Gasteiger partial charge is 0.390 e. The number of ether oxygens (including phenoxy) is 2. The van der Waals surface area contributed by atoms with Gasteiger partial charge in [0.15, 0.2) is 21.2 Å². The number of nitrogen functional groups attached to an aromatic ring is 2. The molecule has 0 bridgehead atoms. The Morgan fingerprint density at radius 1 is 0.911 bits per heavy atom. The first-order chi connectivity index (χ1) is 21.2. The summed E-state index contributed by atoms with van der Waals surface area (Å²) >= 11 is 14.9. The highest BCUT2D eigenvalue weighted by Crippen LogP contribution is 2.50. The van der Waals surface area contributed by atoms with Crippen molar-refractivity contribution >= 4 is 85.0 Å². The van der Waals surface area contributed by atoms with Crippen LogP contribution in [0.1, 0.15) is 25.3 Å². The van der Waals surface area contributed by atoms with Crippen molar-refractivity contribution in [1.29, 1.82) is 0 Å². The second-order valence-electron chi connectivity index (χ2n) is 10.0. The number of hydrogen-bond acceptors (Lipinski definition) is 16. The molecule has 0 spiro atoms. The third-order valence-electron chi connectivity index (χ3n) is 7.01. The minimum Gasteiger partial charge on any atom is -0.390 e. The highest BCUT2D eigenvalue weighted by molar-refractivity contribution is 8.06. The van der Waals surface area contributed by atoms with Crippen molar-refractivity contribution < 1.29 is 47.4 Å². The van der Waals surface area contributed by atoms with Crippen LogP contribution in [0.25, 0.3) is 22.3 Å². The molecule has 20 nitrogen and oxygen atoms in total. The molecule has 0 radical (unpaired) electrons. The van der Waals surface area contributed by atoms with E-state index in [0.29, 0.717) is 22.3 Å². The third kappa shape index (κ3) is 7.01. The molecular formula is C20H26N10O10P2S3. The number of imidazole rings is 2. The zero-order valence-electron chi connectivity index (χ0n) is 22.6. The third-order valence-corrected chi connectivity index (χ3v) is 9.40. The van der Waals surface area contributed by atoms with E-state index in [2.05, 4.69) is 41.7 Å². The van der Waals surface area contributed by atoms with Crippen molar-refractivity contribution in [1.82, 2.24) is 39.0 Å². The van der Waals surface area contributed by atoms with Gasteiger partial charge in [-0.3, -0.25) is 18.2 Å². The molecule has 6 heterocycles. The van der Waals surface area contributed by atoms with E-state index in [4.69, 9.17) is 58.9 Å². The molecule has 0 aliphatic carbocycles. The number of phosphoric ester groups is 1. The van der Waals surface area contributed by atoms with E-state index >= 15 is 0 Å². The number of aromatic amines is 2. The van der Waals surface area contributed by atoms with E-state index in [1.165, 1.54) is 17.2 Å². The SMILES string of the molecule is Nc1nc(=S)c2ncn([C@H]3CC(O)[C@@H](COP(=O)(O)OC4C[C@H](n5cnc6c(=S)nc(N)[nH]c65)O[C@@H]4COP(O)(O)=S)O3)c2[nH]1. The summed E-state index contributed by atoms with van der Waals surface area (Å²) in [6, 6.07) is 0. The molecule has 2 saturated heterocycles. The first-order valence-electron chi connectivity index (χ1n) is 13.0. The number of aromatic nitrogens is 8. The van der Waals surface area contributed by atoms with E-state index in [1.807, 2.05) is 0 Å². The average Bonchev–Trinajstić information content (AvgIpc) is 3.71. The van der Waals surface area contributed by atoms with E-state index < -0.39 is 64.6 Å². The van der Waals surface area contributed by atoms with Gasteiger partial charge in [-0.05, 0) is 11.8 Å². The number of aliphatic hydroxyl groups is 1. The molecule has 10 N–H and O–H groups in total. The van der Waals surface area contributed by atoms with Gasteiger partial charge in [0.25, 0.3) is 0 Å². The number of nitrogens with one attached hydrogen (secondary N) is 2. The van der Waals surface area contributed by atoms with Crippen molar-refractivity contribution in [2.75, 3.05) is 24.7 Å². The summed E-state index contributed by atoms with van der Waals surface area (Å²) in [6.07, 6.45) is -3.12. The van der Waals surface area contributed by atoms with E-state index in [-0.39, 0.29) is 34.0 Å². The topological polar surface area (TPSA) is 289 Å². The standard InChI is InChI=1S/C20H26N10O10P2S3/c21-19-25-15-13(17(43)27-19)23-5-29(15)11-1-7(31)9(38-11)3-36-41(32,33)40-8-2-12(39-10(8)4-37-42(34,35)45)30-6-24-14-16(30)26-20(22)28-18(14)44/h5-12,31H,1-4H2,(H,32,33)(H2,34,35,45)(H3,21,25,27,43)(H3,22,26,28,44)/t7?,8?,9-,10-,11-,12-/m1/s1. The molecule has 0 saturated carbocycles. The molecule has 2 aliphatic rings. The van der Waals surface area contributed by atoms with E-state index in [1.54, 1.807) is 4.57 Å². The molecule has 2 fully saturated rings. The summed E-state index contributed by atoms with van der Waals surface area (Å²) in [4.78, 5) is 51.8. The summed E-state index contributed by atoms with van der Waals surface area (Å²) in [5, 5.41) is 10.6. The van der Waals surface area contributed by atoms with Gasteiger partial charge in [-0.1, -0.05) is 24.4 Å². The van der Waals surface area contributed by atoms with E-state index in [9.17, 15) is 24.4 Å². The van der Waals surface area contributed by atoms with Crippen LogP contribution in [0, 0.1) is 9.28 Å². The molecule has 0 amide bonds. The lowest BCUT2D eigenvalue weighted by Gasteiger charge is -2.23. The number of nitrogens with two attached hydrogens (primary N) is 2. The minimum atomic E-state index is -4.83. The molecule has 2 aliphatic heterocycles. The number of nitrogens with zero attached hydrogens (tertiary/aromatic N) is 6. The molecule has 3 unspecified atom stereocenters. The molecular weight excluding hydrogens is 698 g/mol. The van der Waals surface area contributed by atoms with Gasteiger partial charge in [-0.15, -0.1) is 0 Å². The molecule has 4 aromatic rings. The lowest BCUT2D eigenvalue weighted by molar-refractivity contribution is -0.0540. The Morgan fingerprint density at radius 3 is 1.98 bits per heavy atom. The summed E-state index contributed by atoms with van der Waals surface area (Å²) in [5.41, 5.74) is 13.1. The van der Waals surface area contributed by atoms with E-state index in [0.717, 1.165) is 0 Å². The molecule has 244 valence electrons. The van der Waals surface area contributed by atoms with Gasteiger partial charge in [-0.25, -0.2) is 24.5 Å². The normalized spacial score (nSPS) is 27.0. The Morgan fingerprint density at radius 2 is 1.42 bits per heavy atom. The highest BCUT2D eigenvalue weighted by Gasteiger charge is 2.44. The lowest BCUT2D eigenvalue weighted by Crippen LogP contribution is -2.29. The molecule has 0 aromatic carbocycles. The van der Waals surface area contributed by atoms with Gasteiger partial charge in [-0.2, -0.15) is 0 Å². The molecule has 45 heavy (non-hydrogen) atoms. The fourth-order valence-corrected chi connectivity index (χ4v) is 7.03. The second-order valence-corrected chi connectivity index (χ2v) is 14.9. The van der Waals surface area contributed by atoms with Crippen LogP contribution in [-0.2, 0) is 39.4 Å². The molecule has 7 atom stereocenters. The maximum atomic E-state index is 13.1. The number of fused-ring (bicyclic) bond motifs is 2. The number of phosphoric acid groups is 1. The fourth-order valence-electron chi connectivity index (χ4n) is 5.05. The predicted octanol–water partition coefficient (Wildman–Crippen LogP) is 0.820. The van der Waals surface area contributed by atoms with Crippen LogP contribution >= 0.6 is 39.0 Å². The zero-order valence-corrected chi connectivity index (χ0v) is 26.9. The minimum absolute atomic E-state index is 0.0265. The Kier molecular flexibility index (Phi) is 8.95. The number of rotatable bonds is 10. The maximum Gasteiger partial charge on any atom is 0.472 e. The fraction of sp³-hybridized carbons (Fsp3) is 0.500. The average molecular weight is 725 g/mol. The zero-order chi connectivity index (χ0) is 32.3. The number of hydrogen-bond donors (Lipinski definition) is 8. The summed E-state index contributed by atoms with van der Waals surface area (Å²) in [6.45, 7) is -5.13. The van der Waals surface area contributed by atoms with Crippen molar-refractivity contribution in [3.8, 4) is 0 Å². The highest BCUT2D eigenvalue weighted by atomic mass is 32.5. The van der Waals surface area contributed by atoms with Crippen molar-refractivity contribution in [3.63, 3.8) is 0 Å². The Hall–Kier alpha value is -2.34. The largest absolute Gasteiger partial charge is 0.472 e.